The maximum absolute atomic E-state index is 13.6. The van der Waals surface area contributed by atoms with Gasteiger partial charge in [0.25, 0.3) is 11.8 Å². The van der Waals surface area contributed by atoms with Crippen LogP contribution in [0.3, 0.4) is 0 Å². The fourth-order valence-corrected chi connectivity index (χ4v) is 2.76. The molecule has 1 aromatic carbocycles. The SMILES string of the molecule is CN1CCN(C(=O)c2cccc(C(=O)NCc3ccccc3F)n2)CC1. The average Bonchev–Trinajstić information content (AvgIpc) is 2.67. The molecule has 0 unspecified atom stereocenters. The van der Waals surface area contributed by atoms with Crippen molar-refractivity contribution in [2.24, 2.45) is 0 Å². The van der Waals surface area contributed by atoms with Crippen molar-refractivity contribution in [2.75, 3.05) is 33.2 Å². The smallest absolute Gasteiger partial charge is 0.272 e. The number of carbonyl (C=O) groups is 2. The number of halogens is 1. The van der Waals surface area contributed by atoms with Crippen molar-refractivity contribution < 1.29 is 14.0 Å². The molecule has 6 nitrogen and oxygen atoms in total. The van der Waals surface area contributed by atoms with E-state index in [4.69, 9.17) is 0 Å². The highest BCUT2D eigenvalue weighted by Gasteiger charge is 2.22. The minimum atomic E-state index is -0.443. The zero-order chi connectivity index (χ0) is 18.5. The van der Waals surface area contributed by atoms with Crippen molar-refractivity contribution in [1.29, 1.82) is 0 Å². The average molecular weight is 356 g/mol. The Bertz CT molecular complexity index is 804. The molecule has 0 aliphatic carbocycles. The predicted molar refractivity (Wildman–Crippen MR) is 95.2 cm³/mol. The summed E-state index contributed by atoms with van der Waals surface area (Å²) in [6.07, 6.45) is 0. The number of rotatable bonds is 4. The quantitative estimate of drug-likeness (QED) is 0.903. The van der Waals surface area contributed by atoms with Crippen molar-refractivity contribution in [1.82, 2.24) is 20.1 Å². The van der Waals surface area contributed by atoms with Crippen molar-refractivity contribution in [3.8, 4) is 0 Å². The lowest BCUT2D eigenvalue weighted by Crippen LogP contribution is -2.47. The van der Waals surface area contributed by atoms with Crippen LogP contribution in [-0.4, -0.2) is 59.8 Å². The number of nitrogens with zero attached hydrogens (tertiary/aromatic N) is 3. The van der Waals surface area contributed by atoms with E-state index < -0.39 is 5.91 Å². The lowest BCUT2D eigenvalue weighted by molar-refractivity contribution is 0.0658. The third-order valence-corrected chi connectivity index (χ3v) is 4.39. The highest BCUT2D eigenvalue weighted by atomic mass is 19.1. The predicted octanol–water partition coefficient (Wildman–Crippen LogP) is 1.54. The summed E-state index contributed by atoms with van der Waals surface area (Å²) in [6, 6.07) is 11.0. The summed E-state index contributed by atoms with van der Waals surface area (Å²) < 4.78 is 13.6. The van der Waals surface area contributed by atoms with Gasteiger partial charge >= 0.3 is 0 Å². The van der Waals surface area contributed by atoms with E-state index in [2.05, 4.69) is 15.2 Å². The highest BCUT2D eigenvalue weighted by molar-refractivity contribution is 5.96. The molecule has 0 bridgehead atoms. The van der Waals surface area contributed by atoms with Gasteiger partial charge in [0.2, 0.25) is 0 Å². The van der Waals surface area contributed by atoms with Crippen LogP contribution in [0.5, 0.6) is 0 Å². The summed E-state index contributed by atoms with van der Waals surface area (Å²) in [5.74, 6) is -0.997. The maximum Gasteiger partial charge on any atom is 0.272 e. The number of carbonyl (C=O) groups excluding carboxylic acids is 2. The van der Waals surface area contributed by atoms with Crippen LogP contribution in [-0.2, 0) is 6.54 Å². The van der Waals surface area contributed by atoms with E-state index in [9.17, 15) is 14.0 Å². The Labute approximate surface area is 151 Å². The Morgan fingerprint density at radius 2 is 1.73 bits per heavy atom. The molecular weight excluding hydrogens is 335 g/mol. The highest BCUT2D eigenvalue weighted by Crippen LogP contribution is 2.09. The standard InChI is InChI=1S/C19H21FN4O2/c1-23-9-11-24(12-10-23)19(26)17-8-4-7-16(22-17)18(25)21-13-14-5-2-3-6-15(14)20/h2-8H,9-13H2,1H3,(H,21,25). The van der Waals surface area contributed by atoms with Gasteiger partial charge in [0, 0.05) is 38.3 Å². The molecule has 1 aromatic heterocycles. The van der Waals surface area contributed by atoms with Gasteiger partial charge in [0.1, 0.15) is 17.2 Å². The summed E-state index contributed by atoms with van der Waals surface area (Å²) in [4.78, 5) is 33.0. The Morgan fingerprint density at radius 3 is 2.46 bits per heavy atom. The summed E-state index contributed by atoms with van der Waals surface area (Å²) >= 11 is 0. The molecule has 2 aromatic rings. The second kappa shape index (κ2) is 8.05. The van der Waals surface area contributed by atoms with Crippen LogP contribution in [0.15, 0.2) is 42.5 Å². The van der Waals surface area contributed by atoms with Crippen LogP contribution in [0.2, 0.25) is 0 Å². The lowest BCUT2D eigenvalue weighted by atomic mass is 10.2. The lowest BCUT2D eigenvalue weighted by Gasteiger charge is -2.32. The first kappa shape index (κ1) is 18.0. The topological polar surface area (TPSA) is 65.5 Å². The van der Waals surface area contributed by atoms with Crippen molar-refractivity contribution in [3.05, 3.63) is 65.2 Å². The molecule has 0 saturated carbocycles. The van der Waals surface area contributed by atoms with Gasteiger partial charge in [-0.05, 0) is 25.2 Å². The first-order valence-corrected chi connectivity index (χ1v) is 8.51. The molecule has 0 atom stereocenters. The Morgan fingerprint density at radius 1 is 1.04 bits per heavy atom. The van der Waals surface area contributed by atoms with Crippen molar-refractivity contribution in [3.63, 3.8) is 0 Å². The van der Waals surface area contributed by atoms with Crippen LogP contribution in [0.1, 0.15) is 26.5 Å². The summed E-state index contributed by atoms with van der Waals surface area (Å²) in [5, 5.41) is 2.63. The molecule has 26 heavy (non-hydrogen) atoms. The molecule has 1 fully saturated rings. The number of hydrogen-bond donors (Lipinski definition) is 1. The molecule has 2 heterocycles. The third kappa shape index (κ3) is 4.23. The number of aromatic nitrogens is 1. The molecule has 1 saturated heterocycles. The van der Waals surface area contributed by atoms with Crippen LogP contribution in [0.25, 0.3) is 0 Å². The second-order valence-electron chi connectivity index (χ2n) is 6.28. The summed E-state index contributed by atoms with van der Waals surface area (Å²) in [5.41, 5.74) is 0.778. The minimum Gasteiger partial charge on any atom is -0.347 e. The van der Waals surface area contributed by atoms with E-state index >= 15 is 0 Å². The zero-order valence-electron chi connectivity index (χ0n) is 14.6. The summed E-state index contributed by atoms with van der Waals surface area (Å²) in [7, 11) is 2.01. The van der Waals surface area contributed by atoms with E-state index in [-0.39, 0.29) is 29.7 Å². The van der Waals surface area contributed by atoms with Gasteiger partial charge in [-0.15, -0.1) is 0 Å². The number of pyridine rings is 1. The number of amides is 2. The van der Waals surface area contributed by atoms with Gasteiger partial charge in [0.05, 0.1) is 0 Å². The summed E-state index contributed by atoms with van der Waals surface area (Å²) in [6.45, 7) is 2.97. The fourth-order valence-electron chi connectivity index (χ4n) is 2.76. The van der Waals surface area contributed by atoms with E-state index in [1.54, 1.807) is 35.2 Å². The second-order valence-corrected chi connectivity index (χ2v) is 6.28. The van der Waals surface area contributed by atoms with Crippen LogP contribution in [0.4, 0.5) is 4.39 Å². The van der Waals surface area contributed by atoms with Crippen molar-refractivity contribution >= 4 is 11.8 Å². The fraction of sp³-hybridized carbons (Fsp3) is 0.316. The Kier molecular flexibility index (Phi) is 5.58. The molecule has 3 rings (SSSR count). The van der Waals surface area contributed by atoms with Gasteiger partial charge < -0.3 is 15.1 Å². The molecule has 2 amide bonds. The normalized spacial score (nSPS) is 14.9. The van der Waals surface area contributed by atoms with Crippen LogP contribution in [0, 0.1) is 5.82 Å². The van der Waals surface area contributed by atoms with Crippen LogP contribution >= 0.6 is 0 Å². The Balaban J connectivity index is 1.65. The molecule has 0 radical (unpaired) electrons. The van der Waals surface area contributed by atoms with E-state index in [1.165, 1.54) is 12.1 Å². The van der Waals surface area contributed by atoms with Gasteiger partial charge in [0.15, 0.2) is 0 Å². The largest absolute Gasteiger partial charge is 0.347 e. The van der Waals surface area contributed by atoms with E-state index in [1.807, 2.05) is 7.05 Å². The monoisotopic (exact) mass is 356 g/mol. The van der Waals surface area contributed by atoms with E-state index in [0.29, 0.717) is 18.7 Å². The minimum absolute atomic E-state index is 0.0593. The maximum atomic E-state index is 13.6. The third-order valence-electron chi connectivity index (χ3n) is 4.39. The van der Waals surface area contributed by atoms with Crippen molar-refractivity contribution in [2.45, 2.75) is 6.54 Å². The van der Waals surface area contributed by atoms with Gasteiger partial charge in [-0.25, -0.2) is 9.37 Å². The molecule has 0 spiro atoms. The van der Waals surface area contributed by atoms with Crippen LogP contribution < -0.4 is 5.32 Å². The number of likely N-dealkylation sites (N-methyl/N-ethyl adjacent to an activating group) is 1. The number of hydrogen-bond acceptors (Lipinski definition) is 4. The molecular formula is C19H21FN4O2. The van der Waals surface area contributed by atoms with Gasteiger partial charge in [-0.1, -0.05) is 24.3 Å². The number of nitrogens with one attached hydrogen (secondary N) is 1. The molecule has 136 valence electrons. The molecule has 1 aliphatic heterocycles. The van der Waals surface area contributed by atoms with Gasteiger partial charge in [-0.3, -0.25) is 9.59 Å². The van der Waals surface area contributed by atoms with Gasteiger partial charge in [-0.2, -0.15) is 0 Å². The zero-order valence-corrected chi connectivity index (χ0v) is 14.6. The molecule has 1 N–H and O–H groups in total. The van der Waals surface area contributed by atoms with E-state index in [0.717, 1.165) is 13.1 Å². The first-order valence-electron chi connectivity index (χ1n) is 8.51. The molecule has 1 aliphatic rings. The molecule has 7 heteroatoms. The number of piperazine rings is 1. The first-order chi connectivity index (χ1) is 12.5. The Hall–Kier alpha value is -2.80. The number of benzene rings is 1.